The first-order chi connectivity index (χ1) is 8.13. The van der Waals surface area contributed by atoms with Crippen LogP contribution in [0.15, 0.2) is 12.5 Å². The van der Waals surface area contributed by atoms with Crippen LogP contribution in [0.4, 0.5) is 0 Å². The lowest BCUT2D eigenvalue weighted by Gasteiger charge is -2.05. The Bertz CT molecular complexity index is 543. The van der Waals surface area contributed by atoms with Crippen molar-refractivity contribution >= 4 is 5.97 Å². The lowest BCUT2D eigenvalue weighted by Crippen LogP contribution is -2.10. The summed E-state index contributed by atoms with van der Waals surface area (Å²) in [6, 6.07) is 0. The number of imidazole rings is 1. The van der Waals surface area contributed by atoms with Crippen LogP contribution >= 0.6 is 0 Å². The molecule has 0 saturated carbocycles. The second kappa shape index (κ2) is 4.36. The van der Waals surface area contributed by atoms with Crippen molar-refractivity contribution in [2.75, 3.05) is 0 Å². The average molecular weight is 235 g/mol. The van der Waals surface area contributed by atoms with Gasteiger partial charge in [-0.05, 0) is 6.42 Å². The molecular formula is C10H13N5O2. The molecule has 2 aromatic heterocycles. The molecule has 0 radical (unpaired) electrons. The predicted molar refractivity (Wildman–Crippen MR) is 58.7 cm³/mol. The van der Waals surface area contributed by atoms with E-state index in [-0.39, 0.29) is 5.69 Å². The van der Waals surface area contributed by atoms with Crippen molar-refractivity contribution in [1.29, 1.82) is 0 Å². The third kappa shape index (κ3) is 2.03. The van der Waals surface area contributed by atoms with Crippen molar-refractivity contribution in [2.24, 2.45) is 7.05 Å². The molecule has 0 bridgehead atoms. The molecule has 0 aliphatic heterocycles. The van der Waals surface area contributed by atoms with Crippen molar-refractivity contribution in [2.45, 2.75) is 19.9 Å². The Labute approximate surface area is 97.7 Å². The van der Waals surface area contributed by atoms with Crippen molar-refractivity contribution in [1.82, 2.24) is 24.5 Å². The van der Waals surface area contributed by atoms with Crippen molar-refractivity contribution < 1.29 is 9.90 Å². The highest BCUT2D eigenvalue weighted by molar-refractivity contribution is 5.86. The summed E-state index contributed by atoms with van der Waals surface area (Å²) in [6.07, 6.45) is 3.99. The molecule has 1 N–H and O–H groups in total. The number of carboxylic acid groups (broad SMARTS) is 1. The van der Waals surface area contributed by atoms with Crippen LogP contribution in [0.3, 0.4) is 0 Å². The van der Waals surface area contributed by atoms with Gasteiger partial charge >= 0.3 is 5.97 Å². The SMILES string of the molecule is CCc1c(C(=O)O)nnn1Cc1cncn1C. The smallest absolute Gasteiger partial charge is 0.358 e. The fraction of sp³-hybridized carbons (Fsp3) is 0.400. The molecule has 0 amide bonds. The fourth-order valence-corrected chi connectivity index (χ4v) is 1.67. The van der Waals surface area contributed by atoms with Crippen LogP contribution in [0, 0.1) is 0 Å². The number of carboxylic acids is 1. The van der Waals surface area contributed by atoms with E-state index >= 15 is 0 Å². The molecule has 2 heterocycles. The topological polar surface area (TPSA) is 85.8 Å². The van der Waals surface area contributed by atoms with E-state index in [1.54, 1.807) is 17.2 Å². The largest absolute Gasteiger partial charge is 0.476 e. The highest BCUT2D eigenvalue weighted by Gasteiger charge is 2.17. The molecular weight excluding hydrogens is 222 g/mol. The summed E-state index contributed by atoms with van der Waals surface area (Å²) in [5.74, 6) is -1.04. The summed E-state index contributed by atoms with van der Waals surface area (Å²) < 4.78 is 3.46. The molecule has 0 aromatic carbocycles. The van der Waals surface area contributed by atoms with Crippen LogP contribution in [0.25, 0.3) is 0 Å². The summed E-state index contributed by atoms with van der Waals surface area (Å²) in [7, 11) is 1.88. The highest BCUT2D eigenvalue weighted by atomic mass is 16.4. The monoisotopic (exact) mass is 235 g/mol. The maximum absolute atomic E-state index is 10.9. The fourth-order valence-electron chi connectivity index (χ4n) is 1.67. The van der Waals surface area contributed by atoms with Gasteiger partial charge in [-0.1, -0.05) is 12.1 Å². The Hall–Kier alpha value is -2.18. The lowest BCUT2D eigenvalue weighted by atomic mass is 10.2. The Kier molecular flexibility index (Phi) is 2.90. The number of nitrogens with zero attached hydrogens (tertiary/aromatic N) is 5. The maximum Gasteiger partial charge on any atom is 0.358 e. The summed E-state index contributed by atoms with van der Waals surface area (Å²) in [6.45, 7) is 2.35. The van der Waals surface area contributed by atoms with Gasteiger partial charge in [-0.25, -0.2) is 14.5 Å². The number of hydrogen-bond acceptors (Lipinski definition) is 4. The zero-order valence-corrected chi connectivity index (χ0v) is 9.66. The Morgan fingerprint density at radius 3 is 2.82 bits per heavy atom. The van der Waals surface area contributed by atoms with Gasteiger partial charge in [0, 0.05) is 7.05 Å². The molecule has 0 atom stereocenters. The number of carbonyl (C=O) groups is 1. The normalized spacial score (nSPS) is 10.7. The molecule has 0 unspecified atom stereocenters. The summed E-state index contributed by atoms with van der Waals surface area (Å²) in [5.41, 5.74) is 1.59. The molecule has 90 valence electrons. The summed E-state index contributed by atoms with van der Waals surface area (Å²) >= 11 is 0. The van der Waals surface area contributed by atoms with Gasteiger partial charge in [0.25, 0.3) is 0 Å². The summed E-state index contributed by atoms with van der Waals surface area (Å²) in [4.78, 5) is 14.9. The number of rotatable bonds is 4. The first kappa shape index (κ1) is 11.3. The summed E-state index contributed by atoms with van der Waals surface area (Å²) in [5, 5.41) is 16.5. The number of hydrogen-bond donors (Lipinski definition) is 1. The second-order valence-electron chi connectivity index (χ2n) is 3.70. The van der Waals surface area contributed by atoms with Gasteiger partial charge in [-0.3, -0.25) is 0 Å². The van der Waals surface area contributed by atoms with E-state index in [1.807, 2.05) is 18.5 Å². The average Bonchev–Trinajstić information content (AvgIpc) is 2.86. The zero-order chi connectivity index (χ0) is 12.4. The van der Waals surface area contributed by atoms with E-state index in [1.165, 1.54) is 0 Å². The molecule has 0 aliphatic rings. The Balaban J connectivity index is 2.34. The van der Waals surface area contributed by atoms with E-state index in [4.69, 9.17) is 5.11 Å². The Morgan fingerprint density at radius 2 is 2.29 bits per heavy atom. The van der Waals surface area contributed by atoms with Gasteiger partial charge in [-0.2, -0.15) is 0 Å². The molecule has 0 spiro atoms. The van der Waals surface area contributed by atoms with E-state index in [9.17, 15) is 4.79 Å². The lowest BCUT2D eigenvalue weighted by molar-refractivity contribution is 0.0689. The molecule has 2 aromatic rings. The number of aryl methyl sites for hydroxylation is 1. The molecule has 2 rings (SSSR count). The minimum absolute atomic E-state index is 0.0228. The Morgan fingerprint density at radius 1 is 1.53 bits per heavy atom. The molecule has 7 heteroatoms. The molecule has 7 nitrogen and oxygen atoms in total. The minimum atomic E-state index is -1.04. The van der Waals surface area contributed by atoms with Gasteiger partial charge in [0.15, 0.2) is 5.69 Å². The number of aromatic carboxylic acids is 1. The van der Waals surface area contributed by atoms with Gasteiger partial charge < -0.3 is 9.67 Å². The van der Waals surface area contributed by atoms with E-state index in [0.717, 1.165) is 5.69 Å². The molecule has 0 saturated heterocycles. The predicted octanol–water partition coefficient (Wildman–Crippen LogP) is 0.320. The quantitative estimate of drug-likeness (QED) is 0.824. The van der Waals surface area contributed by atoms with Crippen LogP contribution in [-0.4, -0.2) is 35.6 Å². The zero-order valence-electron chi connectivity index (χ0n) is 9.66. The highest BCUT2D eigenvalue weighted by Crippen LogP contribution is 2.09. The van der Waals surface area contributed by atoms with Crippen LogP contribution in [-0.2, 0) is 20.0 Å². The third-order valence-corrected chi connectivity index (χ3v) is 2.60. The maximum atomic E-state index is 10.9. The standard InChI is InChI=1S/C10H13N5O2/c1-3-8-9(10(16)17)12-13-15(8)5-7-4-11-6-14(7)2/h4,6H,3,5H2,1-2H3,(H,16,17). The first-order valence-electron chi connectivity index (χ1n) is 5.24. The first-order valence-corrected chi connectivity index (χ1v) is 5.24. The molecule has 17 heavy (non-hydrogen) atoms. The van der Waals surface area contributed by atoms with Crippen molar-refractivity contribution in [3.8, 4) is 0 Å². The van der Waals surface area contributed by atoms with E-state index in [2.05, 4.69) is 15.3 Å². The van der Waals surface area contributed by atoms with E-state index in [0.29, 0.717) is 18.7 Å². The van der Waals surface area contributed by atoms with Crippen LogP contribution < -0.4 is 0 Å². The molecule has 0 fully saturated rings. The number of aromatic nitrogens is 5. The van der Waals surface area contributed by atoms with Gasteiger partial charge in [0.1, 0.15) is 0 Å². The van der Waals surface area contributed by atoms with Crippen molar-refractivity contribution in [3.63, 3.8) is 0 Å². The van der Waals surface area contributed by atoms with Crippen LogP contribution in [0.5, 0.6) is 0 Å². The van der Waals surface area contributed by atoms with Gasteiger partial charge in [0.2, 0.25) is 0 Å². The van der Waals surface area contributed by atoms with E-state index < -0.39 is 5.97 Å². The van der Waals surface area contributed by atoms with Crippen LogP contribution in [0.1, 0.15) is 28.8 Å². The van der Waals surface area contributed by atoms with Crippen molar-refractivity contribution in [3.05, 3.63) is 29.6 Å². The molecule has 0 aliphatic carbocycles. The second-order valence-corrected chi connectivity index (χ2v) is 3.70. The van der Waals surface area contributed by atoms with Crippen LogP contribution in [0.2, 0.25) is 0 Å². The third-order valence-electron chi connectivity index (χ3n) is 2.60. The van der Waals surface area contributed by atoms with Gasteiger partial charge in [0.05, 0.1) is 30.5 Å². The van der Waals surface area contributed by atoms with Gasteiger partial charge in [-0.15, -0.1) is 5.10 Å². The minimum Gasteiger partial charge on any atom is -0.476 e.